The Hall–Kier alpha value is -1.17. The maximum atomic E-state index is 13.4. The van der Waals surface area contributed by atoms with Crippen molar-refractivity contribution in [3.05, 3.63) is 29.6 Å². The van der Waals surface area contributed by atoms with Crippen LogP contribution in [0.15, 0.2) is 18.2 Å². The molecule has 2 rings (SSSR count). The highest BCUT2D eigenvalue weighted by Gasteiger charge is 2.30. The Morgan fingerprint density at radius 3 is 2.44 bits per heavy atom. The lowest BCUT2D eigenvalue weighted by atomic mass is 10.1. The summed E-state index contributed by atoms with van der Waals surface area (Å²) in [5.41, 5.74) is 0.724. The van der Waals surface area contributed by atoms with Gasteiger partial charge in [-0.05, 0) is 12.1 Å². The van der Waals surface area contributed by atoms with E-state index in [9.17, 15) is 14.6 Å². The highest BCUT2D eigenvalue weighted by Crippen LogP contribution is 2.26. The predicted molar refractivity (Wildman–Crippen MR) is 56.5 cm³/mol. The van der Waals surface area contributed by atoms with E-state index in [-0.39, 0.29) is 18.7 Å². The second-order valence-corrected chi connectivity index (χ2v) is 3.94. The molecular weight excluding hydrogens is 213 g/mol. The van der Waals surface area contributed by atoms with Gasteiger partial charge < -0.3 is 20.2 Å². The lowest BCUT2D eigenvalue weighted by Gasteiger charge is -2.20. The second kappa shape index (κ2) is 4.37. The molecule has 2 atom stereocenters. The molecule has 1 aromatic carbocycles. The Labute approximate surface area is 92.6 Å². The Bertz CT molecular complexity index is 375. The summed E-state index contributed by atoms with van der Waals surface area (Å²) in [5.74, 6) is -0.476. The Balaban J connectivity index is 2.31. The number of benzene rings is 1. The molecule has 1 fully saturated rings. The minimum Gasteiger partial charge on any atom is -0.391 e. The molecule has 0 bridgehead atoms. The summed E-state index contributed by atoms with van der Waals surface area (Å²) >= 11 is 0. The van der Waals surface area contributed by atoms with Crippen LogP contribution in [-0.4, -0.2) is 40.6 Å². The first-order valence-electron chi connectivity index (χ1n) is 5.13. The van der Waals surface area contributed by atoms with Gasteiger partial charge in [0.1, 0.15) is 5.82 Å². The van der Waals surface area contributed by atoms with Crippen molar-refractivity contribution in [1.82, 2.24) is 0 Å². The Morgan fingerprint density at radius 2 is 1.88 bits per heavy atom. The lowest BCUT2D eigenvalue weighted by molar-refractivity contribution is 0.0572. The number of anilines is 1. The summed E-state index contributed by atoms with van der Waals surface area (Å²) in [6.45, 7) is 0.0972. The summed E-state index contributed by atoms with van der Waals surface area (Å²) in [4.78, 5) is 1.67. The molecule has 0 aromatic heterocycles. The van der Waals surface area contributed by atoms with Crippen molar-refractivity contribution in [3.8, 4) is 0 Å². The van der Waals surface area contributed by atoms with E-state index in [0.29, 0.717) is 5.69 Å². The van der Waals surface area contributed by atoms with Crippen LogP contribution in [0.25, 0.3) is 0 Å². The van der Waals surface area contributed by atoms with E-state index in [1.54, 1.807) is 17.0 Å². The summed E-state index contributed by atoms with van der Waals surface area (Å²) in [7, 11) is 0. The van der Waals surface area contributed by atoms with Gasteiger partial charge >= 0.3 is 0 Å². The number of hydrogen-bond acceptors (Lipinski definition) is 4. The number of β-amino-alcohol motifs (C(OH)–C–C–N with tert-alkyl or cyclic N) is 2. The highest BCUT2D eigenvalue weighted by atomic mass is 19.1. The molecule has 16 heavy (non-hydrogen) atoms. The zero-order valence-corrected chi connectivity index (χ0v) is 8.67. The molecule has 0 aliphatic carbocycles. The van der Waals surface area contributed by atoms with E-state index in [4.69, 9.17) is 5.11 Å². The predicted octanol–water partition coefficient (Wildman–Crippen LogP) is -0.140. The summed E-state index contributed by atoms with van der Waals surface area (Å²) in [6.07, 6.45) is -1.65. The molecule has 2 unspecified atom stereocenters. The third kappa shape index (κ3) is 1.89. The van der Waals surface area contributed by atoms with Crippen LogP contribution >= 0.6 is 0 Å². The molecule has 1 saturated heterocycles. The molecule has 0 amide bonds. The van der Waals surface area contributed by atoms with Crippen molar-refractivity contribution in [2.24, 2.45) is 0 Å². The van der Waals surface area contributed by atoms with Gasteiger partial charge in [0.2, 0.25) is 0 Å². The van der Waals surface area contributed by atoms with E-state index in [1.807, 2.05) is 0 Å². The zero-order valence-electron chi connectivity index (χ0n) is 8.67. The van der Waals surface area contributed by atoms with Crippen LogP contribution in [0.1, 0.15) is 5.56 Å². The van der Waals surface area contributed by atoms with Gasteiger partial charge in [-0.1, -0.05) is 6.07 Å². The van der Waals surface area contributed by atoms with E-state index in [1.165, 1.54) is 6.07 Å². The fourth-order valence-electron chi connectivity index (χ4n) is 1.97. The molecule has 1 aromatic rings. The number of aliphatic hydroxyl groups excluding tert-OH is 3. The van der Waals surface area contributed by atoms with Crippen molar-refractivity contribution >= 4 is 5.69 Å². The van der Waals surface area contributed by atoms with Crippen LogP contribution < -0.4 is 4.90 Å². The maximum Gasteiger partial charge on any atom is 0.130 e. The monoisotopic (exact) mass is 227 g/mol. The van der Waals surface area contributed by atoms with Crippen LogP contribution in [-0.2, 0) is 6.61 Å². The van der Waals surface area contributed by atoms with Crippen molar-refractivity contribution in [2.45, 2.75) is 18.8 Å². The number of rotatable bonds is 2. The number of hydrogen-bond donors (Lipinski definition) is 3. The van der Waals surface area contributed by atoms with Crippen molar-refractivity contribution in [2.75, 3.05) is 18.0 Å². The van der Waals surface area contributed by atoms with E-state index in [0.717, 1.165) is 0 Å². The van der Waals surface area contributed by atoms with Crippen molar-refractivity contribution in [1.29, 1.82) is 0 Å². The molecule has 0 saturated carbocycles. The molecule has 88 valence electrons. The number of aliphatic hydroxyl groups is 3. The van der Waals surface area contributed by atoms with Gasteiger partial charge in [0, 0.05) is 24.3 Å². The molecule has 1 heterocycles. The van der Waals surface area contributed by atoms with Crippen LogP contribution in [0.5, 0.6) is 0 Å². The van der Waals surface area contributed by atoms with E-state index < -0.39 is 24.6 Å². The molecule has 5 heteroatoms. The van der Waals surface area contributed by atoms with Gasteiger partial charge in [0.15, 0.2) is 0 Å². The van der Waals surface area contributed by atoms with Gasteiger partial charge in [-0.25, -0.2) is 4.39 Å². The Morgan fingerprint density at radius 1 is 1.25 bits per heavy atom. The van der Waals surface area contributed by atoms with Gasteiger partial charge in [-0.3, -0.25) is 0 Å². The van der Waals surface area contributed by atoms with Crippen LogP contribution in [0, 0.1) is 5.82 Å². The zero-order chi connectivity index (χ0) is 11.7. The van der Waals surface area contributed by atoms with Gasteiger partial charge in [0.25, 0.3) is 0 Å². The smallest absolute Gasteiger partial charge is 0.130 e. The van der Waals surface area contributed by atoms with Gasteiger partial charge in [-0.15, -0.1) is 0 Å². The minimum absolute atomic E-state index is 0.198. The Kier molecular flexibility index (Phi) is 3.09. The normalized spacial score (nSPS) is 25.1. The van der Waals surface area contributed by atoms with Gasteiger partial charge in [-0.2, -0.15) is 0 Å². The molecule has 0 spiro atoms. The number of halogens is 1. The molecule has 1 aliphatic rings. The lowest BCUT2D eigenvalue weighted by Crippen LogP contribution is -2.22. The quantitative estimate of drug-likeness (QED) is 0.658. The molecule has 1 aliphatic heterocycles. The first kappa shape index (κ1) is 11.3. The molecular formula is C11H14FNO3. The van der Waals surface area contributed by atoms with Crippen LogP contribution in [0.2, 0.25) is 0 Å². The van der Waals surface area contributed by atoms with E-state index >= 15 is 0 Å². The topological polar surface area (TPSA) is 63.9 Å². The van der Waals surface area contributed by atoms with Gasteiger partial charge in [0.05, 0.1) is 18.8 Å². The fraction of sp³-hybridized carbons (Fsp3) is 0.455. The number of nitrogens with zero attached hydrogens (tertiary/aromatic N) is 1. The summed E-state index contributed by atoms with van der Waals surface area (Å²) in [5, 5.41) is 27.9. The third-order valence-corrected chi connectivity index (χ3v) is 2.85. The first-order chi connectivity index (χ1) is 7.63. The average Bonchev–Trinajstić information content (AvgIpc) is 2.59. The largest absolute Gasteiger partial charge is 0.391 e. The van der Waals surface area contributed by atoms with E-state index in [2.05, 4.69) is 0 Å². The summed E-state index contributed by atoms with van der Waals surface area (Å²) < 4.78 is 13.4. The second-order valence-electron chi connectivity index (χ2n) is 3.94. The van der Waals surface area contributed by atoms with Crippen LogP contribution in [0.4, 0.5) is 10.1 Å². The SMILES string of the molecule is OCc1c(F)cccc1N1CC(O)C(O)C1. The fourth-order valence-corrected chi connectivity index (χ4v) is 1.97. The standard InChI is InChI=1S/C11H14FNO3/c12-8-2-1-3-9(7(8)6-14)13-4-10(15)11(16)5-13/h1-3,10-11,14-16H,4-6H2. The van der Waals surface area contributed by atoms with Crippen molar-refractivity contribution in [3.63, 3.8) is 0 Å². The first-order valence-corrected chi connectivity index (χ1v) is 5.13. The molecule has 4 nitrogen and oxygen atoms in total. The third-order valence-electron chi connectivity index (χ3n) is 2.85. The minimum atomic E-state index is -0.824. The average molecular weight is 227 g/mol. The maximum absolute atomic E-state index is 13.4. The van der Waals surface area contributed by atoms with Crippen LogP contribution in [0.3, 0.4) is 0 Å². The van der Waals surface area contributed by atoms with Crippen molar-refractivity contribution < 1.29 is 19.7 Å². The molecule has 0 radical (unpaired) electrons. The molecule has 3 N–H and O–H groups in total. The highest BCUT2D eigenvalue weighted by molar-refractivity contribution is 5.55. The summed E-state index contributed by atoms with van der Waals surface area (Å²) in [6, 6.07) is 4.48.